The van der Waals surface area contributed by atoms with Crippen molar-refractivity contribution in [2.75, 3.05) is 13.7 Å². The second-order valence-corrected chi connectivity index (χ2v) is 5.17. The number of esters is 1. The normalized spacial score (nSPS) is 39.5. The summed E-state index contributed by atoms with van der Waals surface area (Å²) in [5.41, 5.74) is -1.03. The summed E-state index contributed by atoms with van der Waals surface area (Å²) < 4.78 is 4.79. The van der Waals surface area contributed by atoms with E-state index in [2.05, 4.69) is 0 Å². The number of methoxy groups -OCH3 is 1. The quantitative estimate of drug-likeness (QED) is 0.480. The van der Waals surface area contributed by atoms with Crippen LogP contribution in [0.25, 0.3) is 0 Å². The van der Waals surface area contributed by atoms with Crippen LogP contribution >= 0.6 is 0 Å². The first-order valence-corrected chi connectivity index (χ1v) is 6.02. The van der Waals surface area contributed by atoms with Crippen LogP contribution in [0.3, 0.4) is 0 Å². The Kier molecular flexibility index (Phi) is 2.09. The summed E-state index contributed by atoms with van der Waals surface area (Å²) in [7, 11) is 1.31. The molecule has 0 spiro atoms. The molecule has 0 radical (unpaired) electrons. The molecular weight excluding hydrogens is 222 g/mol. The summed E-state index contributed by atoms with van der Waals surface area (Å²) in [5, 5.41) is 0. The Bertz CT molecular complexity index is 409. The number of Topliss-reactive ketones (excluding diaryl/α,β-unsaturated/α-hetero) is 1. The highest BCUT2D eigenvalue weighted by Gasteiger charge is 2.69. The van der Waals surface area contributed by atoms with Gasteiger partial charge in [0.15, 0.2) is 5.78 Å². The van der Waals surface area contributed by atoms with E-state index < -0.39 is 11.4 Å². The maximum absolute atomic E-state index is 12.1. The van der Waals surface area contributed by atoms with Crippen LogP contribution in [-0.2, 0) is 19.1 Å². The van der Waals surface area contributed by atoms with Gasteiger partial charge in [-0.2, -0.15) is 0 Å². The highest BCUT2D eigenvalue weighted by Crippen LogP contribution is 2.56. The Morgan fingerprint density at radius 3 is 2.88 bits per heavy atom. The summed E-state index contributed by atoms with van der Waals surface area (Å²) in [6, 6.07) is -0.225. The SMILES string of the molecule is COC(=O)[C@]12C[C@@H]3CCC(=O)N(CCC1=O)[C@@H]32. The van der Waals surface area contributed by atoms with Crippen LogP contribution in [0, 0.1) is 11.3 Å². The number of rotatable bonds is 1. The van der Waals surface area contributed by atoms with Crippen LogP contribution in [0.2, 0.25) is 0 Å². The van der Waals surface area contributed by atoms with E-state index in [4.69, 9.17) is 4.74 Å². The van der Waals surface area contributed by atoms with Gasteiger partial charge in [0.25, 0.3) is 0 Å². The molecule has 3 aliphatic rings. The topological polar surface area (TPSA) is 63.7 Å². The standard InChI is InChI=1S/C12H15NO4/c1-17-11(16)12-6-7-2-3-9(15)13(10(7)12)5-4-8(12)14/h7,10H,2-6H2,1H3/t7-,10-,12+/m0/s1. The monoisotopic (exact) mass is 237 g/mol. The van der Waals surface area contributed by atoms with E-state index in [1.54, 1.807) is 4.90 Å². The minimum atomic E-state index is -1.03. The van der Waals surface area contributed by atoms with Gasteiger partial charge in [-0.1, -0.05) is 0 Å². The van der Waals surface area contributed by atoms with Crippen LogP contribution < -0.4 is 0 Å². The van der Waals surface area contributed by atoms with Gasteiger partial charge in [-0.15, -0.1) is 0 Å². The molecule has 3 atom stereocenters. The molecular formula is C12H15NO4. The number of carbonyl (C=O) groups excluding carboxylic acids is 3. The van der Waals surface area contributed by atoms with Crippen molar-refractivity contribution < 1.29 is 19.1 Å². The third-order valence-electron chi connectivity index (χ3n) is 4.55. The largest absolute Gasteiger partial charge is 0.468 e. The first kappa shape index (κ1) is 10.7. The number of piperidine rings is 2. The van der Waals surface area contributed by atoms with Gasteiger partial charge in [-0.25, -0.2) is 0 Å². The molecule has 5 nitrogen and oxygen atoms in total. The minimum Gasteiger partial charge on any atom is -0.468 e. The molecule has 0 aromatic heterocycles. The van der Waals surface area contributed by atoms with Gasteiger partial charge < -0.3 is 9.64 Å². The fraction of sp³-hybridized carbons (Fsp3) is 0.750. The molecule has 0 aromatic rings. The summed E-state index contributed by atoms with van der Waals surface area (Å²) in [4.78, 5) is 37.5. The Morgan fingerprint density at radius 1 is 1.41 bits per heavy atom. The van der Waals surface area contributed by atoms with E-state index in [1.165, 1.54) is 7.11 Å². The molecule has 1 amide bonds. The van der Waals surface area contributed by atoms with Crippen LogP contribution in [0.4, 0.5) is 0 Å². The molecule has 2 heterocycles. The number of hydrogen-bond donors (Lipinski definition) is 0. The summed E-state index contributed by atoms with van der Waals surface area (Å²) in [6.45, 7) is 0.470. The number of carbonyl (C=O) groups is 3. The molecule has 92 valence electrons. The van der Waals surface area contributed by atoms with Crippen molar-refractivity contribution in [2.24, 2.45) is 11.3 Å². The van der Waals surface area contributed by atoms with Gasteiger partial charge in [0.1, 0.15) is 5.41 Å². The van der Waals surface area contributed by atoms with Crippen molar-refractivity contribution in [3.05, 3.63) is 0 Å². The van der Waals surface area contributed by atoms with Crippen LogP contribution in [-0.4, -0.2) is 42.3 Å². The molecule has 0 bridgehead atoms. The van der Waals surface area contributed by atoms with Crippen molar-refractivity contribution in [3.8, 4) is 0 Å². The van der Waals surface area contributed by atoms with E-state index in [1.807, 2.05) is 0 Å². The third kappa shape index (κ3) is 1.12. The highest BCUT2D eigenvalue weighted by molar-refractivity contribution is 6.07. The molecule has 3 fully saturated rings. The zero-order valence-electron chi connectivity index (χ0n) is 9.77. The number of nitrogens with zero attached hydrogens (tertiary/aromatic N) is 1. The van der Waals surface area contributed by atoms with E-state index in [0.717, 1.165) is 6.42 Å². The predicted octanol–water partition coefficient (Wildman–Crippen LogP) is 0.129. The van der Waals surface area contributed by atoms with Gasteiger partial charge in [-0.3, -0.25) is 14.4 Å². The summed E-state index contributed by atoms with van der Waals surface area (Å²) in [5.74, 6) is -0.123. The number of amides is 1. The Morgan fingerprint density at radius 2 is 2.18 bits per heavy atom. The van der Waals surface area contributed by atoms with E-state index in [9.17, 15) is 14.4 Å². The van der Waals surface area contributed by atoms with E-state index in [-0.39, 0.29) is 24.2 Å². The average molecular weight is 237 g/mol. The van der Waals surface area contributed by atoms with Crippen molar-refractivity contribution in [3.63, 3.8) is 0 Å². The van der Waals surface area contributed by atoms with E-state index >= 15 is 0 Å². The van der Waals surface area contributed by atoms with Gasteiger partial charge in [0.2, 0.25) is 5.91 Å². The van der Waals surface area contributed by atoms with Crippen molar-refractivity contribution in [1.82, 2.24) is 4.90 Å². The number of ketones is 1. The second kappa shape index (κ2) is 3.31. The number of ether oxygens (including phenoxy) is 1. The average Bonchev–Trinajstić information content (AvgIpc) is 2.30. The van der Waals surface area contributed by atoms with Crippen molar-refractivity contribution in [2.45, 2.75) is 31.7 Å². The lowest BCUT2D eigenvalue weighted by atomic mass is 9.51. The minimum absolute atomic E-state index is 0.0449. The first-order chi connectivity index (χ1) is 8.11. The summed E-state index contributed by atoms with van der Waals surface area (Å²) in [6.07, 6.45) is 2.19. The molecule has 1 aliphatic carbocycles. The molecule has 0 N–H and O–H groups in total. The Balaban J connectivity index is 2.00. The lowest BCUT2D eigenvalue weighted by Crippen LogP contribution is -2.73. The highest BCUT2D eigenvalue weighted by atomic mass is 16.5. The molecule has 1 saturated carbocycles. The molecule has 0 unspecified atom stereocenters. The van der Waals surface area contributed by atoms with Gasteiger partial charge in [-0.05, 0) is 18.8 Å². The molecule has 17 heavy (non-hydrogen) atoms. The molecule has 2 aliphatic heterocycles. The molecule has 2 saturated heterocycles. The van der Waals surface area contributed by atoms with Crippen molar-refractivity contribution >= 4 is 17.7 Å². The molecule has 3 rings (SSSR count). The third-order valence-corrected chi connectivity index (χ3v) is 4.55. The van der Waals surface area contributed by atoms with Crippen LogP contribution in [0.5, 0.6) is 0 Å². The van der Waals surface area contributed by atoms with Gasteiger partial charge in [0.05, 0.1) is 13.2 Å². The predicted molar refractivity (Wildman–Crippen MR) is 56.9 cm³/mol. The summed E-state index contributed by atoms with van der Waals surface area (Å²) >= 11 is 0. The number of hydrogen-bond acceptors (Lipinski definition) is 4. The zero-order chi connectivity index (χ0) is 12.2. The Labute approximate surface area is 99.1 Å². The van der Waals surface area contributed by atoms with Gasteiger partial charge in [0, 0.05) is 19.4 Å². The smallest absolute Gasteiger partial charge is 0.321 e. The van der Waals surface area contributed by atoms with E-state index in [0.29, 0.717) is 25.3 Å². The fourth-order valence-electron chi connectivity index (χ4n) is 3.76. The lowest BCUT2D eigenvalue weighted by molar-refractivity contribution is -0.194. The van der Waals surface area contributed by atoms with Gasteiger partial charge >= 0.3 is 5.97 Å². The lowest BCUT2D eigenvalue weighted by Gasteiger charge is -2.60. The second-order valence-electron chi connectivity index (χ2n) is 5.17. The van der Waals surface area contributed by atoms with Crippen LogP contribution in [0.1, 0.15) is 25.7 Å². The Hall–Kier alpha value is -1.39. The van der Waals surface area contributed by atoms with Crippen molar-refractivity contribution in [1.29, 1.82) is 0 Å². The maximum atomic E-state index is 12.1. The molecule has 0 aromatic carbocycles. The fourth-order valence-corrected chi connectivity index (χ4v) is 3.76. The van der Waals surface area contributed by atoms with Crippen LogP contribution in [0.15, 0.2) is 0 Å². The molecule has 5 heteroatoms. The maximum Gasteiger partial charge on any atom is 0.321 e. The first-order valence-electron chi connectivity index (χ1n) is 6.02. The zero-order valence-corrected chi connectivity index (χ0v) is 9.77.